The van der Waals surface area contributed by atoms with E-state index in [2.05, 4.69) is 4.98 Å². The number of ether oxygens (including phenoxy) is 2. The number of anilines is 1. The van der Waals surface area contributed by atoms with Crippen molar-refractivity contribution in [3.63, 3.8) is 0 Å². The summed E-state index contributed by atoms with van der Waals surface area (Å²) < 4.78 is 73.0. The molecule has 0 unspecified atom stereocenters. The van der Waals surface area contributed by atoms with Gasteiger partial charge in [0.25, 0.3) is 12.3 Å². The first-order valence-corrected chi connectivity index (χ1v) is 11.2. The molecule has 0 fully saturated rings. The molecule has 0 saturated heterocycles. The predicted octanol–water partition coefficient (Wildman–Crippen LogP) is 5.72. The Morgan fingerprint density at radius 1 is 1.03 bits per heavy atom. The van der Waals surface area contributed by atoms with E-state index < -0.39 is 37.3 Å². The smallest absolute Gasteiger partial charge is 0.422 e. The van der Waals surface area contributed by atoms with Gasteiger partial charge in [-0.3, -0.25) is 4.79 Å². The molecule has 0 aliphatic carbocycles. The number of para-hydroxylation sites is 1. The maximum atomic E-state index is 13.4. The standard InChI is InChI=1S/C26H23F5N2O4/c1-25(2,35)21-11-18-19(23(32-21)17-5-3-4-6-20(17)36-13-22(27)28)12-33(24(18)34)15-7-9-16(10-8-15)37-14-26(29,30)31/h3-11,22,35H,12-14H2,1-2H3. The molecule has 0 radical (unpaired) electrons. The van der Waals surface area contributed by atoms with Crippen LogP contribution in [0, 0.1) is 0 Å². The number of halogens is 5. The average Bonchev–Trinajstić information content (AvgIpc) is 3.17. The summed E-state index contributed by atoms with van der Waals surface area (Å²) in [4.78, 5) is 19.4. The quantitative estimate of drug-likeness (QED) is 0.383. The molecule has 1 aliphatic heterocycles. The van der Waals surface area contributed by atoms with Crippen LogP contribution in [0.3, 0.4) is 0 Å². The normalized spacial score (nSPS) is 13.8. The largest absolute Gasteiger partial charge is 0.487 e. The molecule has 196 valence electrons. The van der Waals surface area contributed by atoms with Crippen LogP contribution in [0.1, 0.15) is 35.5 Å². The molecular formula is C26H23F5N2O4. The molecule has 37 heavy (non-hydrogen) atoms. The van der Waals surface area contributed by atoms with E-state index in [0.717, 1.165) is 0 Å². The maximum Gasteiger partial charge on any atom is 0.422 e. The number of carbonyl (C=O) groups excluding carboxylic acids is 1. The fourth-order valence-corrected chi connectivity index (χ4v) is 3.87. The third kappa shape index (κ3) is 5.99. The van der Waals surface area contributed by atoms with Crippen LogP contribution >= 0.6 is 0 Å². The zero-order chi connectivity index (χ0) is 27.0. The van der Waals surface area contributed by atoms with Gasteiger partial charge in [0.15, 0.2) is 6.61 Å². The number of hydrogen-bond acceptors (Lipinski definition) is 5. The molecule has 1 aliphatic rings. The first-order valence-electron chi connectivity index (χ1n) is 11.2. The van der Waals surface area contributed by atoms with Crippen molar-refractivity contribution in [2.45, 2.75) is 38.6 Å². The van der Waals surface area contributed by atoms with Crippen LogP contribution in [-0.2, 0) is 12.1 Å². The lowest BCUT2D eigenvalue weighted by Gasteiger charge is -2.20. The summed E-state index contributed by atoms with van der Waals surface area (Å²) in [7, 11) is 0. The Morgan fingerprint density at radius 3 is 2.32 bits per heavy atom. The van der Waals surface area contributed by atoms with E-state index >= 15 is 0 Å². The lowest BCUT2D eigenvalue weighted by molar-refractivity contribution is -0.153. The lowest BCUT2D eigenvalue weighted by Crippen LogP contribution is -2.23. The molecule has 0 atom stereocenters. The second-order valence-electron chi connectivity index (χ2n) is 8.93. The Morgan fingerprint density at radius 2 is 1.70 bits per heavy atom. The number of benzene rings is 2. The van der Waals surface area contributed by atoms with Crippen LogP contribution in [0.25, 0.3) is 11.3 Å². The van der Waals surface area contributed by atoms with Gasteiger partial charge in [-0.1, -0.05) is 12.1 Å². The third-order valence-corrected chi connectivity index (χ3v) is 5.60. The maximum absolute atomic E-state index is 13.4. The Balaban J connectivity index is 1.73. The molecule has 6 nitrogen and oxygen atoms in total. The minimum Gasteiger partial charge on any atom is -0.487 e. The Bertz CT molecular complexity index is 1290. The van der Waals surface area contributed by atoms with E-state index in [1.165, 1.54) is 55.1 Å². The number of nitrogens with zero attached hydrogens (tertiary/aromatic N) is 2. The molecule has 4 rings (SSSR count). The molecule has 0 spiro atoms. The van der Waals surface area contributed by atoms with Gasteiger partial charge in [0.2, 0.25) is 0 Å². The topological polar surface area (TPSA) is 71.9 Å². The molecule has 3 aromatic rings. The van der Waals surface area contributed by atoms with E-state index in [1.807, 2.05) is 0 Å². The Kier molecular flexibility index (Phi) is 7.09. The zero-order valence-corrected chi connectivity index (χ0v) is 19.9. The molecule has 1 N–H and O–H groups in total. The van der Waals surface area contributed by atoms with Gasteiger partial charge in [-0.25, -0.2) is 13.8 Å². The van der Waals surface area contributed by atoms with Crippen molar-refractivity contribution in [1.82, 2.24) is 4.98 Å². The van der Waals surface area contributed by atoms with Gasteiger partial charge in [0, 0.05) is 22.4 Å². The molecule has 2 heterocycles. The zero-order valence-electron chi connectivity index (χ0n) is 19.9. The van der Waals surface area contributed by atoms with Crippen molar-refractivity contribution in [3.05, 3.63) is 71.4 Å². The summed E-state index contributed by atoms with van der Waals surface area (Å²) in [6.07, 6.45) is -7.18. The number of carbonyl (C=O) groups is 1. The molecule has 1 amide bonds. The Labute approximate surface area is 209 Å². The van der Waals surface area contributed by atoms with Gasteiger partial charge >= 0.3 is 6.18 Å². The summed E-state index contributed by atoms with van der Waals surface area (Å²) >= 11 is 0. The predicted molar refractivity (Wildman–Crippen MR) is 125 cm³/mol. The number of pyridine rings is 1. The van der Waals surface area contributed by atoms with E-state index in [0.29, 0.717) is 22.5 Å². The number of rotatable bonds is 8. The van der Waals surface area contributed by atoms with E-state index in [-0.39, 0.29) is 29.3 Å². The average molecular weight is 522 g/mol. The highest BCUT2D eigenvalue weighted by atomic mass is 19.4. The molecule has 1 aromatic heterocycles. The SMILES string of the molecule is CC(C)(O)c1cc2c(c(-c3ccccc3OCC(F)F)n1)CN(c1ccc(OCC(F)(F)F)cc1)C2=O. The van der Waals surface area contributed by atoms with Crippen LogP contribution in [-0.4, -0.2) is 41.8 Å². The van der Waals surface area contributed by atoms with Gasteiger partial charge in [0.05, 0.1) is 17.9 Å². The van der Waals surface area contributed by atoms with Gasteiger partial charge in [-0.15, -0.1) is 0 Å². The number of alkyl halides is 5. The molecule has 0 saturated carbocycles. The molecule has 0 bridgehead atoms. The van der Waals surface area contributed by atoms with Crippen LogP contribution in [0.5, 0.6) is 11.5 Å². The first-order chi connectivity index (χ1) is 17.3. The second kappa shape index (κ2) is 9.97. The van der Waals surface area contributed by atoms with E-state index in [1.54, 1.807) is 18.2 Å². The van der Waals surface area contributed by atoms with Crippen molar-refractivity contribution >= 4 is 11.6 Å². The van der Waals surface area contributed by atoms with E-state index in [9.17, 15) is 31.9 Å². The van der Waals surface area contributed by atoms with Crippen LogP contribution in [0.15, 0.2) is 54.6 Å². The van der Waals surface area contributed by atoms with Crippen molar-refractivity contribution in [2.75, 3.05) is 18.1 Å². The Hall–Kier alpha value is -3.73. The van der Waals surface area contributed by atoms with Crippen molar-refractivity contribution < 1.29 is 41.3 Å². The van der Waals surface area contributed by atoms with Crippen molar-refractivity contribution in [2.24, 2.45) is 0 Å². The van der Waals surface area contributed by atoms with E-state index in [4.69, 9.17) is 9.47 Å². The minimum absolute atomic E-state index is 0.0120. The van der Waals surface area contributed by atoms with Gasteiger partial charge < -0.3 is 19.5 Å². The summed E-state index contributed by atoms with van der Waals surface area (Å²) in [5.74, 6) is -0.288. The monoisotopic (exact) mass is 522 g/mol. The van der Waals surface area contributed by atoms with Gasteiger partial charge in [-0.2, -0.15) is 13.2 Å². The number of amides is 1. The van der Waals surface area contributed by atoms with Gasteiger partial charge in [0.1, 0.15) is 23.7 Å². The van der Waals surface area contributed by atoms with Crippen molar-refractivity contribution in [1.29, 1.82) is 0 Å². The number of hydrogen-bond donors (Lipinski definition) is 1. The van der Waals surface area contributed by atoms with Crippen LogP contribution in [0.4, 0.5) is 27.6 Å². The fourth-order valence-electron chi connectivity index (χ4n) is 3.87. The molecule has 11 heteroatoms. The van der Waals surface area contributed by atoms with Gasteiger partial charge in [-0.05, 0) is 56.3 Å². The molecular weight excluding hydrogens is 499 g/mol. The minimum atomic E-state index is -4.48. The lowest BCUT2D eigenvalue weighted by atomic mass is 9.96. The number of aliphatic hydroxyl groups is 1. The molecule has 2 aromatic carbocycles. The van der Waals surface area contributed by atoms with Crippen molar-refractivity contribution in [3.8, 4) is 22.8 Å². The third-order valence-electron chi connectivity index (χ3n) is 5.60. The number of aromatic nitrogens is 1. The first kappa shape index (κ1) is 26.3. The summed E-state index contributed by atoms with van der Waals surface area (Å²) in [6, 6.07) is 13.5. The highest BCUT2D eigenvalue weighted by molar-refractivity contribution is 6.11. The number of fused-ring (bicyclic) bond motifs is 1. The second-order valence-corrected chi connectivity index (χ2v) is 8.93. The van der Waals surface area contributed by atoms with Crippen LogP contribution in [0.2, 0.25) is 0 Å². The summed E-state index contributed by atoms with van der Waals surface area (Å²) in [6.45, 7) is 0.776. The summed E-state index contributed by atoms with van der Waals surface area (Å²) in [5, 5.41) is 10.6. The highest BCUT2D eigenvalue weighted by Crippen LogP contribution is 2.40. The summed E-state index contributed by atoms with van der Waals surface area (Å²) in [5.41, 5.74) is 0.575. The fraction of sp³-hybridized carbons (Fsp3) is 0.308. The highest BCUT2D eigenvalue weighted by Gasteiger charge is 2.35. The van der Waals surface area contributed by atoms with Crippen LogP contribution < -0.4 is 14.4 Å².